The van der Waals surface area contributed by atoms with E-state index in [1.54, 1.807) is 24.3 Å². The van der Waals surface area contributed by atoms with Crippen molar-refractivity contribution in [3.8, 4) is 5.75 Å². The van der Waals surface area contributed by atoms with Crippen molar-refractivity contribution in [3.63, 3.8) is 0 Å². The molecule has 0 saturated carbocycles. The first-order valence-electron chi connectivity index (χ1n) is 5.36. The van der Waals surface area contributed by atoms with Gasteiger partial charge in [0.15, 0.2) is 0 Å². The first-order valence-corrected chi connectivity index (χ1v) is 6.56. The Morgan fingerprint density at radius 1 is 1.21 bits per heavy atom. The largest absolute Gasteiger partial charge is 0.495 e. The third kappa shape index (κ3) is 3.19. The van der Waals surface area contributed by atoms with E-state index in [0.717, 1.165) is 4.90 Å². The molecule has 2 aromatic carbocycles. The lowest BCUT2D eigenvalue weighted by atomic mass is 10.3. The summed E-state index contributed by atoms with van der Waals surface area (Å²) in [6.45, 7) is 0. The van der Waals surface area contributed by atoms with Crippen molar-refractivity contribution < 1.29 is 9.66 Å². The van der Waals surface area contributed by atoms with Crippen molar-refractivity contribution in [1.82, 2.24) is 0 Å². The average molecular weight is 296 g/mol. The average Bonchev–Trinajstić information content (AvgIpc) is 2.41. The van der Waals surface area contributed by atoms with Gasteiger partial charge in [-0.15, -0.1) is 0 Å². The third-order valence-electron chi connectivity index (χ3n) is 2.41. The van der Waals surface area contributed by atoms with Gasteiger partial charge >= 0.3 is 0 Å². The smallest absolute Gasteiger partial charge is 0.287 e. The summed E-state index contributed by atoms with van der Waals surface area (Å²) in [5, 5.41) is 11.7. The maximum absolute atomic E-state index is 11.0. The number of methoxy groups -OCH3 is 1. The van der Waals surface area contributed by atoms with Crippen LogP contribution < -0.4 is 4.74 Å². The summed E-state index contributed by atoms with van der Waals surface area (Å²) < 4.78 is 5.18. The molecule has 0 saturated heterocycles. The van der Waals surface area contributed by atoms with Crippen LogP contribution in [0.3, 0.4) is 0 Å². The van der Waals surface area contributed by atoms with Crippen molar-refractivity contribution >= 4 is 29.1 Å². The Morgan fingerprint density at radius 3 is 2.47 bits per heavy atom. The Bertz CT molecular complexity index is 601. The Kier molecular flexibility index (Phi) is 4.29. The molecule has 0 N–H and O–H groups in total. The molecular weight excluding hydrogens is 286 g/mol. The van der Waals surface area contributed by atoms with Crippen LogP contribution in [-0.4, -0.2) is 12.0 Å². The van der Waals surface area contributed by atoms with E-state index in [9.17, 15) is 10.1 Å². The van der Waals surface area contributed by atoms with Crippen LogP contribution in [0.15, 0.2) is 52.3 Å². The molecule has 2 rings (SSSR count). The number of ether oxygens (including phenoxy) is 1. The van der Waals surface area contributed by atoms with Crippen LogP contribution in [0.25, 0.3) is 0 Å². The quantitative estimate of drug-likeness (QED) is 0.619. The van der Waals surface area contributed by atoms with Gasteiger partial charge in [-0.05, 0) is 30.3 Å². The predicted molar refractivity (Wildman–Crippen MR) is 75.2 cm³/mol. The molecule has 19 heavy (non-hydrogen) atoms. The van der Waals surface area contributed by atoms with Gasteiger partial charge in [0.1, 0.15) is 10.6 Å². The number of nitro groups is 1. The maximum Gasteiger partial charge on any atom is 0.287 e. The summed E-state index contributed by atoms with van der Waals surface area (Å²) in [6.07, 6.45) is 0. The molecule has 4 nitrogen and oxygen atoms in total. The SMILES string of the molecule is COc1cccc([N+](=O)[O-])c1Sc1ccc(Cl)cc1. The van der Waals surface area contributed by atoms with Crippen LogP contribution in [0.2, 0.25) is 5.02 Å². The summed E-state index contributed by atoms with van der Waals surface area (Å²) in [5.41, 5.74) is 0.0271. The van der Waals surface area contributed by atoms with Crippen molar-refractivity contribution in [3.05, 3.63) is 57.6 Å². The predicted octanol–water partition coefficient (Wildman–Crippen LogP) is 4.41. The van der Waals surface area contributed by atoms with Gasteiger partial charge in [0, 0.05) is 16.0 Å². The van der Waals surface area contributed by atoms with E-state index in [2.05, 4.69) is 0 Å². The van der Waals surface area contributed by atoms with Crippen LogP contribution in [0, 0.1) is 10.1 Å². The molecule has 0 atom stereocenters. The molecule has 0 aliphatic heterocycles. The van der Waals surface area contributed by atoms with Crippen molar-refractivity contribution in [2.24, 2.45) is 0 Å². The summed E-state index contributed by atoms with van der Waals surface area (Å²) in [4.78, 5) is 12.0. The van der Waals surface area contributed by atoms with Crippen LogP contribution >= 0.6 is 23.4 Å². The second-order valence-electron chi connectivity index (χ2n) is 3.62. The lowest BCUT2D eigenvalue weighted by molar-refractivity contribution is -0.387. The minimum Gasteiger partial charge on any atom is -0.495 e. The molecule has 0 fully saturated rings. The molecule has 0 bridgehead atoms. The van der Waals surface area contributed by atoms with Gasteiger partial charge in [-0.2, -0.15) is 0 Å². The van der Waals surface area contributed by atoms with E-state index in [1.165, 1.54) is 24.9 Å². The number of nitrogens with zero attached hydrogens (tertiary/aromatic N) is 1. The lowest BCUT2D eigenvalue weighted by Crippen LogP contribution is -1.94. The Hall–Kier alpha value is -1.72. The first-order chi connectivity index (χ1) is 9.11. The third-order valence-corrected chi connectivity index (χ3v) is 3.78. The van der Waals surface area contributed by atoms with Crippen LogP contribution in [-0.2, 0) is 0 Å². The molecular formula is C13H10ClNO3S. The van der Waals surface area contributed by atoms with E-state index < -0.39 is 4.92 Å². The van der Waals surface area contributed by atoms with Crippen LogP contribution in [0.1, 0.15) is 0 Å². The maximum atomic E-state index is 11.0. The van der Waals surface area contributed by atoms with Crippen molar-refractivity contribution in [1.29, 1.82) is 0 Å². The molecule has 6 heteroatoms. The zero-order valence-electron chi connectivity index (χ0n) is 10.00. The van der Waals surface area contributed by atoms with Gasteiger partial charge in [0.25, 0.3) is 5.69 Å². The minimum absolute atomic E-state index is 0.0271. The fraction of sp³-hybridized carbons (Fsp3) is 0.0769. The molecule has 0 aliphatic carbocycles. The highest BCUT2D eigenvalue weighted by Gasteiger charge is 2.19. The number of rotatable bonds is 4. The molecule has 0 unspecified atom stereocenters. The van der Waals surface area contributed by atoms with Crippen LogP contribution in [0.4, 0.5) is 5.69 Å². The summed E-state index contributed by atoms with van der Waals surface area (Å²) in [7, 11) is 1.49. The Labute approximate surface area is 119 Å². The van der Waals surface area contributed by atoms with Gasteiger partial charge in [-0.3, -0.25) is 10.1 Å². The second kappa shape index (κ2) is 5.95. The number of benzene rings is 2. The number of halogens is 1. The van der Waals surface area contributed by atoms with E-state index >= 15 is 0 Å². The highest BCUT2D eigenvalue weighted by Crippen LogP contribution is 2.41. The van der Waals surface area contributed by atoms with E-state index in [0.29, 0.717) is 15.7 Å². The van der Waals surface area contributed by atoms with E-state index in [-0.39, 0.29) is 5.69 Å². The highest BCUT2D eigenvalue weighted by atomic mass is 35.5. The number of hydrogen-bond donors (Lipinski definition) is 0. The topological polar surface area (TPSA) is 52.4 Å². The van der Waals surface area contributed by atoms with Gasteiger partial charge < -0.3 is 4.74 Å². The van der Waals surface area contributed by atoms with Crippen molar-refractivity contribution in [2.75, 3.05) is 7.11 Å². The summed E-state index contributed by atoms with van der Waals surface area (Å²) in [5.74, 6) is 0.481. The molecule has 0 heterocycles. The molecule has 98 valence electrons. The van der Waals surface area contributed by atoms with E-state index in [4.69, 9.17) is 16.3 Å². The second-order valence-corrected chi connectivity index (χ2v) is 5.14. The molecule has 2 aromatic rings. The zero-order chi connectivity index (χ0) is 13.8. The highest BCUT2D eigenvalue weighted by molar-refractivity contribution is 7.99. The number of nitro benzene ring substituents is 1. The van der Waals surface area contributed by atoms with Gasteiger partial charge in [-0.1, -0.05) is 29.4 Å². The van der Waals surface area contributed by atoms with Gasteiger partial charge in [0.2, 0.25) is 0 Å². The Balaban J connectivity index is 2.42. The summed E-state index contributed by atoms with van der Waals surface area (Å²) >= 11 is 7.09. The summed E-state index contributed by atoms with van der Waals surface area (Å²) in [6, 6.07) is 11.9. The fourth-order valence-electron chi connectivity index (χ4n) is 1.53. The number of hydrogen-bond acceptors (Lipinski definition) is 4. The molecule has 0 amide bonds. The molecule has 0 radical (unpaired) electrons. The Morgan fingerprint density at radius 2 is 1.89 bits per heavy atom. The minimum atomic E-state index is -0.416. The van der Waals surface area contributed by atoms with Crippen LogP contribution in [0.5, 0.6) is 5.75 Å². The zero-order valence-corrected chi connectivity index (χ0v) is 11.6. The van der Waals surface area contributed by atoms with Crippen molar-refractivity contribution in [2.45, 2.75) is 9.79 Å². The molecule has 0 aromatic heterocycles. The standard InChI is InChI=1S/C13H10ClNO3S/c1-18-12-4-2-3-11(15(16)17)13(12)19-10-7-5-9(14)6-8-10/h2-8H,1H3. The lowest BCUT2D eigenvalue weighted by Gasteiger charge is -2.08. The molecule has 0 aliphatic rings. The van der Waals surface area contributed by atoms with Gasteiger partial charge in [-0.25, -0.2) is 0 Å². The monoisotopic (exact) mass is 295 g/mol. The van der Waals surface area contributed by atoms with E-state index in [1.807, 2.05) is 12.1 Å². The fourth-order valence-corrected chi connectivity index (χ4v) is 2.66. The van der Waals surface area contributed by atoms with Gasteiger partial charge in [0.05, 0.1) is 12.0 Å². The normalized spacial score (nSPS) is 10.2. The molecule has 0 spiro atoms. The first kappa shape index (κ1) is 13.7.